The normalized spacial score (nSPS) is 10.8. The van der Waals surface area contributed by atoms with Crippen LogP contribution >= 0.6 is 0 Å². The molecule has 4 rings (SSSR count). The quantitative estimate of drug-likeness (QED) is 0.245. The van der Waals surface area contributed by atoms with Gasteiger partial charge in [-0.15, -0.1) is 34.9 Å². The SMILES string of the molecule is Cc1[c-]c(-c2nccc3c2ccc2cc(C)ccc23)cc(C)c1.[Ir]. The van der Waals surface area contributed by atoms with Crippen molar-refractivity contribution in [3.05, 3.63) is 77.5 Å². The number of fused-ring (bicyclic) bond motifs is 3. The van der Waals surface area contributed by atoms with Gasteiger partial charge in [0.25, 0.3) is 0 Å². The van der Waals surface area contributed by atoms with E-state index in [0.717, 1.165) is 16.8 Å². The third-order valence-electron chi connectivity index (χ3n) is 4.32. The summed E-state index contributed by atoms with van der Waals surface area (Å²) in [6.45, 7) is 6.33. The molecule has 0 bridgehead atoms. The van der Waals surface area contributed by atoms with E-state index in [1.807, 2.05) is 6.20 Å². The van der Waals surface area contributed by atoms with Gasteiger partial charge in [0.2, 0.25) is 0 Å². The number of hydrogen-bond acceptors (Lipinski definition) is 1. The van der Waals surface area contributed by atoms with Gasteiger partial charge in [0, 0.05) is 26.3 Å². The van der Waals surface area contributed by atoms with E-state index in [4.69, 9.17) is 0 Å². The Morgan fingerprint density at radius 2 is 1.54 bits per heavy atom. The van der Waals surface area contributed by atoms with Crippen LogP contribution in [-0.4, -0.2) is 4.98 Å². The minimum absolute atomic E-state index is 0. The van der Waals surface area contributed by atoms with Crippen LogP contribution in [0.25, 0.3) is 32.8 Å². The molecule has 1 nitrogen and oxygen atoms in total. The molecule has 0 unspecified atom stereocenters. The Kier molecular flexibility index (Phi) is 4.53. The van der Waals surface area contributed by atoms with Gasteiger partial charge >= 0.3 is 0 Å². The Morgan fingerprint density at radius 1 is 0.750 bits per heavy atom. The van der Waals surface area contributed by atoms with Crippen molar-refractivity contribution in [2.24, 2.45) is 0 Å². The van der Waals surface area contributed by atoms with Crippen LogP contribution in [0.5, 0.6) is 0 Å². The van der Waals surface area contributed by atoms with Crippen molar-refractivity contribution in [1.82, 2.24) is 4.98 Å². The molecule has 1 aromatic heterocycles. The Bertz CT molecular complexity index is 1030. The number of pyridine rings is 1. The predicted molar refractivity (Wildman–Crippen MR) is 97.7 cm³/mol. The molecule has 0 atom stereocenters. The molecule has 0 saturated heterocycles. The average molecular weight is 489 g/mol. The zero-order chi connectivity index (χ0) is 16.0. The molecule has 1 heterocycles. The number of benzene rings is 3. The monoisotopic (exact) mass is 489 g/mol. The molecule has 1 radical (unpaired) electrons. The minimum Gasteiger partial charge on any atom is -0.304 e. The van der Waals surface area contributed by atoms with Gasteiger partial charge < -0.3 is 4.98 Å². The van der Waals surface area contributed by atoms with E-state index in [9.17, 15) is 0 Å². The fraction of sp³-hybridized carbons (Fsp3) is 0.136. The van der Waals surface area contributed by atoms with Crippen LogP contribution in [0.1, 0.15) is 16.7 Å². The molecule has 0 fully saturated rings. The summed E-state index contributed by atoms with van der Waals surface area (Å²) in [6, 6.07) is 20.9. The molecule has 0 spiro atoms. The second-order valence-electron chi connectivity index (χ2n) is 6.30. The molecule has 0 amide bonds. The summed E-state index contributed by atoms with van der Waals surface area (Å²) in [4.78, 5) is 4.65. The van der Waals surface area contributed by atoms with Crippen LogP contribution in [0, 0.1) is 26.8 Å². The van der Waals surface area contributed by atoms with Gasteiger partial charge in [-0.3, -0.25) is 0 Å². The number of hydrogen-bond donors (Lipinski definition) is 0. The summed E-state index contributed by atoms with van der Waals surface area (Å²) in [5.74, 6) is 0. The molecule has 24 heavy (non-hydrogen) atoms. The minimum atomic E-state index is 0. The third-order valence-corrected chi connectivity index (χ3v) is 4.32. The maximum absolute atomic E-state index is 4.65. The Morgan fingerprint density at radius 3 is 2.33 bits per heavy atom. The van der Waals surface area contributed by atoms with Crippen molar-refractivity contribution in [2.45, 2.75) is 20.8 Å². The Balaban J connectivity index is 0.00000169. The summed E-state index contributed by atoms with van der Waals surface area (Å²) in [5.41, 5.74) is 5.76. The van der Waals surface area contributed by atoms with Crippen LogP contribution in [0.2, 0.25) is 0 Å². The van der Waals surface area contributed by atoms with Gasteiger partial charge in [-0.2, -0.15) is 0 Å². The van der Waals surface area contributed by atoms with Gasteiger partial charge in [0.05, 0.1) is 0 Å². The predicted octanol–water partition coefficient (Wildman–Crippen LogP) is 5.78. The van der Waals surface area contributed by atoms with E-state index in [-0.39, 0.29) is 20.1 Å². The first-order chi connectivity index (χ1) is 11.1. The molecule has 0 saturated carbocycles. The second kappa shape index (κ2) is 6.47. The van der Waals surface area contributed by atoms with Gasteiger partial charge in [0.1, 0.15) is 0 Å². The van der Waals surface area contributed by atoms with Crippen molar-refractivity contribution in [1.29, 1.82) is 0 Å². The molecule has 3 aromatic carbocycles. The number of aromatic nitrogens is 1. The van der Waals surface area contributed by atoms with Crippen LogP contribution in [0.15, 0.2) is 54.7 Å². The maximum atomic E-state index is 4.65. The number of rotatable bonds is 1. The Labute approximate surface area is 156 Å². The van der Waals surface area contributed by atoms with Crippen molar-refractivity contribution >= 4 is 21.5 Å². The van der Waals surface area contributed by atoms with Crippen LogP contribution in [0.3, 0.4) is 0 Å². The summed E-state index contributed by atoms with van der Waals surface area (Å²) in [5, 5.41) is 4.99. The first kappa shape index (κ1) is 16.8. The molecule has 2 heteroatoms. The van der Waals surface area contributed by atoms with E-state index in [0.29, 0.717) is 0 Å². The van der Waals surface area contributed by atoms with E-state index >= 15 is 0 Å². The van der Waals surface area contributed by atoms with Crippen LogP contribution in [-0.2, 0) is 20.1 Å². The summed E-state index contributed by atoms with van der Waals surface area (Å²) in [7, 11) is 0. The standard InChI is InChI=1S/C22H18N.Ir/c1-14-4-6-19-17(11-14)5-7-21-20(19)8-9-23-22(21)18-12-15(2)10-16(3)13-18;/h4-12H,1-3H3;/q-1;. The molecule has 0 aliphatic heterocycles. The van der Waals surface area contributed by atoms with E-state index < -0.39 is 0 Å². The number of aryl methyl sites for hydroxylation is 3. The summed E-state index contributed by atoms with van der Waals surface area (Å²) < 4.78 is 0. The van der Waals surface area contributed by atoms with Crippen molar-refractivity contribution in [3.63, 3.8) is 0 Å². The van der Waals surface area contributed by atoms with Gasteiger partial charge in [-0.1, -0.05) is 49.7 Å². The van der Waals surface area contributed by atoms with Crippen molar-refractivity contribution in [2.75, 3.05) is 0 Å². The molecule has 0 N–H and O–H groups in total. The molecule has 0 aliphatic carbocycles. The van der Waals surface area contributed by atoms with Gasteiger partial charge in [0.15, 0.2) is 0 Å². The molecule has 121 valence electrons. The maximum Gasteiger partial charge on any atom is 0.0167 e. The summed E-state index contributed by atoms with van der Waals surface area (Å²) in [6.07, 6.45) is 1.91. The molecular formula is C22H18IrN-. The van der Waals surface area contributed by atoms with Gasteiger partial charge in [-0.05, 0) is 40.2 Å². The second-order valence-corrected chi connectivity index (χ2v) is 6.30. The topological polar surface area (TPSA) is 12.9 Å². The number of nitrogens with zero attached hydrogens (tertiary/aromatic N) is 1. The first-order valence-corrected chi connectivity index (χ1v) is 7.91. The smallest absolute Gasteiger partial charge is 0.0167 e. The Hall–Kier alpha value is -2.02. The van der Waals surface area contributed by atoms with E-state index in [1.165, 1.54) is 32.7 Å². The zero-order valence-corrected chi connectivity index (χ0v) is 16.4. The van der Waals surface area contributed by atoms with Crippen molar-refractivity contribution in [3.8, 4) is 11.3 Å². The van der Waals surface area contributed by atoms with Gasteiger partial charge in [-0.25, -0.2) is 0 Å². The van der Waals surface area contributed by atoms with Crippen LogP contribution < -0.4 is 0 Å². The molecule has 0 aliphatic rings. The third kappa shape index (κ3) is 2.88. The first-order valence-electron chi connectivity index (χ1n) is 7.91. The molecular weight excluding hydrogens is 470 g/mol. The van der Waals surface area contributed by atoms with Crippen LogP contribution in [0.4, 0.5) is 0 Å². The van der Waals surface area contributed by atoms with Crippen molar-refractivity contribution < 1.29 is 20.1 Å². The van der Waals surface area contributed by atoms with E-state index in [1.54, 1.807) is 0 Å². The summed E-state index contributed by atoms with van der Waals surface area (Å²) >= 11 is 0. The van der Waals surface area contributed by atoms with E-state index in [2.05, 4.69) is 80.4 Å². The fourth-order valence-electron chi connectivity index (χ4n) is 3.35. The largest absolute Gasteiger partial charge is 0.304 e. The fourth-order valence-corrected chi connectivity index (χ4v) is 3.35. The zero-order valence-electron chi connectivity index (χ0n) is 14.0. The average Bonchev–Trinajstić information content (AvgIpc) is 2.52. The molecule has 4 aromatic rings.